The van der Waals surface area contributed by atoms with Gasteiger partial charge in [-0.15, -0.1) is 0 Å². The molecule has 0 bridgehead atoms. The molecule has 0 amide bonds. The van der Waals surface area contributed by atoms with Crippen LogP contribution >= 0.6 is 0 Å². The Labute approximate surface area is 117 Å². The van der Waals surface area contributed by atoms with Gasteiger partial charge in [0.2, 0.25) is 0 Å². The second-order valence-electron chi connectivity index (χ2n) is 5.05. The molecular formula is C17H17NO2. The van der Waals surface area contributed by atoms with Crippen LogP contribution in [0, 0.1) is 6.92 Å². The van der Waals surface area contributed by atoms with Crippen molar-refractivity contribution in [3.05, 3.63) is 65.7 Å². The number of nitrogens with zero attached hydrogens (tertiary/aromatic N) is 1. The maximum absolute atomic E-state index is 10.3. The zero-order valence-electron chi connectivity index (χ0n) is 11.4. The number of furan rings is 1. The van der Waals surface area contributed by atoms with Gasteiger partial charge in [-0.05, 0) is 49.1 Å². The number of hydrogen-bond acceptors (Lipinski definition) is 3. The van der Waals surface area contributed by atoms with E-state index in [0.29, 0.717) is 12.2 Å². The van der Waals surface area contributed by atoms with E-state index in [-0.39, 0.29) is 0 Å². The number of fused-ring (bicyclic) bond motifs is 1. The fourth-order valence-corrected chi connectivity index (χ4v) is 2.39. The summed E-state index contributed by atoms with van der Waals surface area (Å²) in [5.74, 6) is 0.642. The van der Waals surface area contributed by atoms with Crippen molar-refractivity contribution >= 4 is 11.0 Å². The van der Waals surface area contributed by atoms with Crippen LogP contribution in [0.25, 0.3) is 11.0 Å². The van der Waals surface area contributed by atoms with Gasteiger partial charge in [0.25, 0.3) is 0 Å². The summed E-state index contributed by atoms with van der Waals surface area (Å²) in [7, 11) is 0. The molecule has 0 aliphatic carbocycles. The first-order valence-electron chi connectivity index (χ1n) is 6.80. The molecule has 1 aromatic carbocycles. The molecule has 102 valence electrons. The summed E-state index contributed by atoms with van der Waals surface area (Å²) in [5, 5.41) is 11.3. The monoisotopic (exact) mass is 267 g/mol. The second-order valence-corrected chi connectivity index (χ2v) is 5.05. The van der Waals surface area contributed by atoms with Crippen molar-refractivity contribution in [3.63, 3.8) is 0 Å². The number of aromatic nitrogens is 1. The Kier molecular flexibility index (Phi) is 3.52. The quantitative estimate of drug-likeness (QED) is 0.782. The van der Waals surface area contributed by atoms with Gasteiger partial charge in [0.15, 0.2) is 0 Å². The summed E-state index contributed by atoms with van der Waals surface area (Å²) < 4.78 is 5.79. The van der Waals surface area contributed by atoms with Gasteiger partial charge in [-0.25, -0.2) is 0 Å². The summed E-state index contributed by atoms with van der Waals surface area (Å²) in [6.07, 6.45) is 4.41. The van der Waals surface area contributed by atoms with E-state index in [9.17, 15) is 5.11 Å². The first-order chi connectivity index (χ1) is 9.74. The lowest BCUT2D eigenvalue weighted by atomic mass is 10.1. The molecule has 0 saturated heterocycles. The van der Waals surface area contributed by atoms with Gasteiger partial charge in [-0.1, -0.05) is 18.2 Å². The van der Waals surface area contributed by atoms with Crippen LogP contribution in [-0.2, 0) is 6.42 Å². The predicted molar refractivity (Wildman–Crippen MR) is 78.5 cm³/mol. The molecule has 0 fully saturated rings. The topological polar surface area (TPSA) is 46.3 Å². The lowest BCUT2D eigenvalue weighted by Crippen LogP contribution is -1.98. The zero-order valence-corrected chi connectivity index (χ0v) is 11.4. The van der Waals surface area contributed by atoms with Crippen LogP contribution in [0.3, 0.4) is 0 Å². The number of aryl methyl sites for hydroxylation is 2. The number of aliphatic hydroxyl groups is 1. The highest BCUT2D eigenvalue weighted by atomic mass is 16.4. The number of rotatable bonds is 4. The van der Waals surface area contributed by atoms with E-state index in [1.165, 1.54) is 5.56 Å². The van der Waals surface area contributed by atoms with Crippen LogP contribution in [0.4, 0.5) is 0 Å². The average Bonchev–Trinajstić information content (AvgIpc) is 2.91. The SMILES string of the molecule is Cc1cccc2cc(C(O)CCc3ccncc3)oc12. The predicted octanol–water partition coefficient (Wildman–Crippen LogP) is 3.80. The molecule has 0 spiro atoms. The summed E-state index contributed by atoms with van der Waals surface area (Å²) in [4.78, 5) is 3.99. The molecule has 3 heteroatoms. The van der Waals surface area contributed by atoms with Crippen molar-refractivity contribution in [1.29, 1.82) is 0 Å². The van der Waals surface area contributed by atoms with E-state index in [2.05, 4.69) is 4.98 Å². The number of benzene rings is 1. The van der Waals surface area contributed by atoms with Gasteiger partial charge in [-0.2, -0.15) is 0 Å². The zero-order chi connectivity index (χ0) is 13.9. The highest BCUT2D eigenvalue weighted by Gasteiger charge is 2.14. The number of pyridine rings is 1. The summed E-state index contributed by atoms with van der Waals surface area (Å²) >= 11 is 0. The van der Waals surface area contributed by atoms with Crippen LogP contribution in [0.1, 0.15) is 29.4 Å². The lowest BCUT2D eigenvalue weighted by Gasteiger charge is -2.07. The van der Waals surface area contributed by atoms with Crippen LogP contribution in [0.15, 0.2) is 53.2 Å². The summed E-state index contributed by atoms with van der Waals surface area (Å²) in [6.45, 7) is 2.01. The minimum absolute atomic E-state index is 0.574. The highest BCUT2D eigenvalue weighted by molar-refractivity contribution is 5.80. The Bertz CT molecular complexity index is 703. The van der Waals surface area contributed by atoms with E-state index in [1.807, 2.05) is 43.3 Å². The van der Waals surface area contributed by atoms with Gasteiger partial charge >= 0.3 is 0 Å². The fourth-order valence-electron chi connectivity index (χ4n) is 2.39. The van der Waals surface area contributed by atoms with Crippen molar-refractivity contribution < 1.29 is 9.52 Å². The molecule has 1 atom stereocenters. The molecule has 1 N–H and O–H groups in total. The smallest absolute Gasteiger partial charge is 0.137 e. The second kappa shape index (κ2) is 5.47. The Hall–Kier alpha value is -2.13. The van der Waals surface area contributed by atoms with Gasteiger partial charge in [0, 0.05) is 17.8 Å². The largest absolute Gasteiger partial charge is 0.458 e. The Morgan fingerprint density at radius 2 is 2.00 bits per heavy atom. The molecule has 0 radical (unpaired) electrons. The first kappa shape index (κ1) is 12.9. The van der Waals surface area contributed by atoms with Crippen molar-refractivity contribution in [2.45, 2.75) is 25.9 Å². The molecular weight excluding hydrogens is 250 g/mol. The molecule has 0 saturated carbocycles. The highest BCUT2D eigenvalue weighted by Crippen LogP contribution is 2.28. The number of aliphatic hydroxyl groups excluding tert-OH is 1. The van der Waals surface area contributed by atoms with Crippen LogP contribution in [0.2, 0.25) is 0 Å². The molecule has 1 unspecified atom stereocenters. The molecule has 3 nitrogen and oxygen atoms in total. The molecule has 2 aromatic heterocycles. The Morgan fingerprint density at radius 3 is 2.75 bits per heavy atom. The molecule has 3 rings (SSSR count). The van der Waals surface area contributed by atoms with Gasteiger partial charge in [-0.3, -0.25) is 4.98 Å². The van der Waals surface area contributed by atoms with E-state index < -0.39 is 6.10 Å². The normalized spacial score (nSPS) is 12.7. The minimum atomic E-state index is -0.574. The molecule has 0 aliphatic rings. The van der Waals surface area contributed by atoms with Crippen molar-refractivity contribution in [2.75, 3.05) is 0 Å². The van der Waals surface area contributed by atoms with Crippen LogP contribution < -0.4 is 0 Å². The van der Waals surface area contributed by atoms with Crippen molar-refractivity contribution in [1.82, 2.24) is 4.98 Å². The summed E-state index contributed by atoms with van der Waals surface area (Å²) in [5.41, 5.74) is 3.13. The Morgan fingerprint density at radius 1 is 1.20 bits per heavy atom. The van der Waals surface area contributed by atoms with Crippen molar-refractivity contribution in [3.8, 4) is 0 Å². The van der Waals surface area contributed by atoms with E-state index in [0.717, 1.165) is 23.0 Å². The van der Waals surface area contributed by atoms with E-state index in [1.54, 1.807) is 12.4 Å². The third kappa shape index (κ3) is 2.58. The first-order valence-corrected chi connectivity index (χ1v) is 6.80. The maximum Gasteiger partial charge on any atom is 0.137 e. The van der Waals surface area contributed by atoms with E-state index in [4.69, 9.17) is 4.42 Å². The van der Waals surface area contributed by atoms with Gasteiger partial charge in [0.05, 0.1) is 0 Å². The lowest BCUT2D eigenvalue weighted by molar-refractivity contribution is 0.143. The van der Waals surface area contributed by atoms with Crippen LogP contribution in [-0.4, -0.2) is 10.1 Å². The average molecular weight is 267 g/mol. The maximum atomic E-state index is 10.3. The third-order valence-electron chi connectivity index (χ3n) is 3.54. The van der Waals surface area contributed by atoms with Crippen LogP contribution in [0.5, 0.6) is 0 Å². The molecule has 3 aromatic rings. The van der Waals surface area contributed by atoms with Gasteiger partial charge in [0.1, 0.15) is 17.4 Å². The van der Waals surface area contributed by atoms with Gasteiger partial charge < -0.3 is 9.52 Å². The molecule has 20 heavy (non-hydrogen) atoms. The van der Waals surface area contributed by atoms with Crippen molar-refractivity contribution in [2.24, 2.45) is 0 Å². The minimum Gasteiger partial charge on any atom is -0.458 e. The molecule has 2 heterocycles. The Balaban J connectivity index is 1.75. The summed E-state index contributed by atoms with van der Waals surface area (Å²) in [6, 6.07) is 11.9. The van der Waals surface area contributed by atoms with E-state index >= 15 is 0 Å². The third-order valence-corrected chi connectivity index (χ3v) is 3.54. The molecule has 0 aliphatic heterocycles. The number of hydrogen-bond donors (Lipinski definition) is 1. The number of para-hydroxylation sites is 1. The fraction of sp³-hybridized carbons (Fsp3) is 0.235. The standard InChI is InChI=1S/C17H17NO2/c1-12-3-2-4-14-11-16(20-17(12)14)15(19)6-5-13-7-9-18-10-8-13/h2-4,7-11,15,19H,5-6H2,1H3.